The maximum Gasteiger partial charge on any atom is 0.330 e. The van der Waals surface area contributed by atoms with E-state index >= 15 is 0 Å². The minimum atomic E-state index is -1.05. The van der Waals surface area contributed by atoms with Gasteiger partial charge in [-0.3, -0.25) is 14.3 Å². The fourth-order valence-corrected chi connectivity index (χ4v) is 5.07. The first-order chi connectivity index (χ1) is 17.6. The van der Waals surface area contributed by atoms with Crippen LogP contribution in [0, 0.1) is 6.92 Å². The van der Waals surface area contributed by atoms with Gasteiger partial charge in [-0.05, 0) is 18.1 Å². The molecule has 1 N–H and O–H groups in total. The molecule has 0 spiro atoms. The summed E-state index contributed by atoms with van der Waals surface area (Å²) in [6.07, 6.45) is 1.88. The predicted octanol–water partition coefficient (Wildman–Crippen LogP) is 2.22. The Bertz CT molecular complexity index is 1480. The van der Waals surface area contributed by atoms with E-state index in [1.54, 1.807) is 17.8 Å². The number of nitrogens with one attached hydrogen (secondary N) is 1. The molecule has 6 rings (SSSR count). The van der Waals surface area contributed by atoms with Crippen LogP contribution in [0.15, 0.2) is 82.6 Å². The van der Waals surface area contributed by atoms with Gasteiger partial charge in [-0.1, -0.05) is 65.9 Å². The van der Waals surface area contributed by atoms with Gasteiger partial charge in [0.2, 0.25) is 0 Å². The maximum atomic E-state index is 12.8. The first-order valence-electron chi connectivity index (χ1n) is 11.7. The highest BCUT2D eigenvalue weighted by atomic mass is 16.6. The summed E-state index contributed by atoms with van der Waals surface area (Å²) in [6.45, 7) is 2.53. The minimum Gasteiger partial charge on any atom is -0.373 e. The molecular weight excluding hydrogens is 462 g/mol. The fraction of sp³-hybridized carbons (Fsp3) is 0.308. The van der Waals surface area contributed by atoms with Gasteiger partial charge in [0.1, 0.15) is 12.1 Å². The van der Waals surface area contributed by atoms with Crippen molar-refractivity contribution >= 4 is 0 Å². The second-order valence-electron chi connectivity index (χ2n) is 9.13. The molecule has 2 aromatic heterocycles. The Hall–Kier alpha value is -3.86. The number of hydrogen-bond acceptors (Lipinski definition) is 7. The summed E-state index contributed by atoms with van der Waals surface area (Å²) in [4.78, 5) is 27.2. The SMILES string of the molecule is Cc1cn([C@@H]2O[C@@]3(COCc4ccccc4)c4cnnn4C2C3OCc2ccccc2)c(=O)[nH]c1=O. The monoisotopic (exact) mass is 487 g/mol. The average Bonchev–Trinajstić information content (AvgIpc) is 3.56. The summed E-state index contributed by atoms with van der Waals surface area (Å²) in [6, 6.07) is 19.2. The molecule has 0 amide bonds. The van der Waals surface area contributed by atoms with E-state index < -0.39 is 35.2 Å². The molecule has 4 atom stereocenters. The summed E-state index contributed by atoms with van der Waals surface area (Å²) in [7, 11) is 0. The molecular formula is C26H25N5O5. The molecule has 10 heteroatoms. The fourth-order valence-electron chi connectivity index (χ4n) is 5.07. The summed E-state index contributed by atoms with van der Waals surface area (Å²) in [5.41, 5.74) is 1.12. The molecule has 0 radical (unpaired) electrons. The summed E-state index contributed by atoms with van der Waals surface area (Å²) in [5, 5.41) is 8.41. The average molecular weight is 488 g/mol. The van der Waals surface area contributed by atoms with Gasteiger partial charge in [0.05, 0.1) is 31.7 Å². The van der Waals surface area contributed by atoms with Crippen LogP contribution in [0.25, 0.3) is 0 Å². The maximum absolute atomic E-state index is 12.8. The lowest BCUT2D eigenvalue weighted by Gasteiger charge is -2.32. The molecule has 0 saturated carbocycles. The molecule has 2 unspecified atom stereocenters. The number of fused-ring (bicyclic) bond motifs is 5. The molecule has 4 heterocycles. The third kappa shape index (κ3) is 3.70. The molecule has 10 nitrogen and oxygen atoms in total. The van der Waals surface area contributed by atoms with Crippen molar-refractivity contribution in [3.63, 3.8) is 0 Å². The van der Waals surface area contributed by atoms with Crippen LogP contribution >= 0.6 is 0 Å². The van der Waals surface area contributed by atoms with Crippen molar-refractivity contribution in [1.29, 1.82) is 0 Å². The van der Waals surface area contributed by atoms with Crippen LogP contribution in [0.5, 0.6) is 0 Å². The van der Waals surface area contributed by atoms with E-state index in [0.717, 1.165) is 16.8 Å². The van der Waals surface area contributed by atoms with Gasteiger partial charge in [0.25, 0.3) is 5.56 Å². The van der Waals surface area contributed by atoms with Crippen molar-refractivity contribution in [2.75, 3.05) is 6.61 Å². The van der Waals surface area contributed by atoms with Crippen LogP contribution in [0.4, 0.5) is 0 Å². The highest BCUT2D eigenvalue weighted by Crippen LogP contribution is 2.56. The third-order valence-corrected chi connectivity index (χ3v) is 6.80. The Morgan fingerprint density at radius 3 is 2.44 bits per heavy atom. The van der Waals surface area contributed by atoms with E-state index in [1.807, 2.05) is 60.7 Å². The van der Waals surface area contributed by atoms with Crippen molar-refractivity contribution in [2.45, 2.75) is 44.1 Å². The van der Waals surface area contributed by atoms with Gasteiger partial charge >= 0.3 is 5.69 Å². The van der Waals surface area contributed by atoms with Crippen molar-refractivity contribution in [3.05, 3.63) is 116 Å². The highest BCUT2D eigenvalue weighted by Gasteiger charge is 2.66. The van der Waals surface area contributed by atoms with Gasteiger partial charge < -0.3 is 14.2 Å². The molecule has 0 aliphatic carbocycles. The summed E-state index contributed by atoms with van der Waals surface area (Å²) in [5.74, 6) is 0. The topological polar surface area (TPSA) is 113 Å². The molecule has 1 saturated heterocycles. The molecule has 2 aliphatic rings. The van der Waals surface area contributed by atoms with Gasteiger partial charge in [0.15, 0.2) is 11.8 Å². The molecule has 184 valence electrons. The Morgan fingerprint density at radius 1 is 1.03 bits per heavy atom. The van der Waals surface area contributed by atoms with Crippen molar-refractivity contribution in [3.8, 4) is 0 Å². The van der Waals surface area contributed by atoms with Crippen LogP contribution in [-0.4, -0.2) is 37.3 Å². The van der Waals surface area contributed by atoms with Crippen LogP contribution in [-0.2, 0) is 33.0 Å². The van der Waals surface area contributed by atoms with Gasteiger partial charge in [-0.15, -0.1) is 5.10 Å². The Morgan fingerprint density at radius 2 is 1.72 bits per heavy atom. The van der Waals surface area contributed by atoms with E-state index in [0.29, 0.717) is 18.8 Å². The van der Waals surface area contributed by atoms with Gasteiger partial charge in [0, 0.05) is 11.8 Å². The van der Waals surface area contributed by atoms with Crippen LogP contribution in [0.3, 0.4) is 0 Å². The number of H-pyrrole nitrogens is 1. The molecule has 2 bridgehead atoms. The summed E-state index contributed by atoms with van der Waals surface area (Å²) >= 11 is 0. The normalized spacial score (nSPS) is 24.2. The Kier molecular flexibility index (Phi) is 5.63. The molecule has 2 aromatic carbocycles. The van der Waals surface area contributed by atoms with E-state index in [2.05, 4.69) is 15.3 Å². The standard InChI is InChI=1S/C26H25N5O5/c1-17-13-30(25(33)28-23(17)32)24-21-22(35-15-19-10-6-3-7-11-19)26(36-24,20-12-27-29-31(20)21)16-34-14-18-8-4-2-5-9-18/h2-13,21-22,24H,14-16H2,1H3,(H,28,32,33)/t21?,22?,24-,26+/m1/s1. The first kappa shape index (κ1) is 22.6. The van der Waals surface area contributed by atoms with Crippen molar-refractivity contribution in [1.82, 2.24) is 24.5 Å². The number of hydrogen-bond donors (Lipinski definition) is 1. The highest BCUT2D eigenvalue weighted by molar-refractivity contribution is 5.26. The zero-order chi connectivity index (χ0) is 24.7. The number of nitrogens with zero attached hydrogens (tertiary/aromatic N) is 4. The lowest BCUT2D eigenvalue weighted by Crippen LogP contribution is -2.42. The van der Waals surface area contributed by atoms with Crippen LogP contribution < -0.4 is 11.2 Å². The third-order valence-electron chi connectivity index (χ3n) is 6.80. The van der Waals surface area contributed by atoms with E-state index in [9.17, 15) is 9.59 Å². The lowest BCUT2D eigenvalue weighted by molar-refractivity contribution is -0.167. The zero-order valence-electron chi connectivity index (χ0n) is 19.6. The molecule has 1 fully saturated rings. The Labute approximate surface area is 206 Å². The largest absolute Gasteiger partial charge is 0.373 e. The predicted molar refractivity (Wildman–Crippen MR) is 128 cm³/mol. The summed E-state index contributed by atoms with van der Waals surface area (Å²) < 4.78 is 22.4. The zero-order valence-corrected chi connectivity index (χ0v) is 19.6. The number of aromatic nitrogens is 5. The molecule has 2 aliphatic heterocycles. The van der Waals surface area contributed by atoms with Crippen LogP contribution in [0.1, 0.15) is 34.7 Å². The van der Waals surface area contributed by atoms with Crippen molar-refractivity contribution < 1.29 is 14.2 Å². The number of ether oxygens (including phenoxy) is 3. The number of benzene rings is 2. The van der Waals surface area contributed by atoms with Gasteiger partial charge in [-0.25, -0.2) is 9.48 Å². The number of rotatable bonds is 8. The molecule has 4 aromatic rings. The van der Waals surface area contributed by atoms with E-state index in [1.165, 1.54) is 10.8 Å². The minimum absolute atomic E-state index is 0.165. The lowest BCUT2D eigenvalue weighted by atomic mass is 9.96. The van der Waals surface area contributed by atoms with Crippen molar-refractivity contribution in [2.24, 2.45) is 0 Å². The number of aryl methyl sites for hydroxylation is 1. The molecule has 36 heavy (non-hydrogen) atoms. The Balaban J connectivity index is 1.37. The van der Waals surface area contributed by atoms with E-state index in [4.69, 9.17) is 14.2 Å². The second-order valence-corrected chi connectivity index (χ2v) is 9.13. The smallest absolute Gasteiger partial charge is 0.330 e. The second kappa shape index (κ2) is 8.98. The van der Waals surface area contributed by atoms with Crippen LogP contribution in [0.2, 0.25) is 0 Å². The number of aromatic amines is 1. The van der Waals surface area contributed by atoms with Gasteiger partial charge in [-0.2, -0.15) is 0 Å². The first-order valence-corrected chi connectivity index (χ1v) is 11.7. The van der Waals surface area contributed by atoms with E-state index in [-0.39, 0.29) is 6.61 Å². The quantitative estimate of drug-likeness (QED) is 0.405.